The van der Waals surface area contributed by atoms with Gasteiger partial charge in [-0.3, -0.25) is 4.79 Å². The van der Waals surface area contributed by atoms with E-state index in [1.54, 1.807) is 36.4 Å². The van der Waals surface area contributed by atoms with Crippen LogP contribution in [0.15, 0.2) is 48.5 Å². The number of hydrogen-bond acceptors (Lipinski definition) is 5. The normalized spacial score (nSPS) is 10.8. The molecule has 6 nitrogen and oxygen atoms in total. The molecule has 0 unspecified atom stereocenters. The van der Waals surface area contributed by atoms with Crippen LogP contribution in [0.1, 0.15) is 25.0 Å². The van der Waals surface area contributed by atoms with Crippen molar-refractivity contribution in [1.82, 2.24) is 5.32 Å². The summed E-state index contributed by atoms with van der Waals surface area (Å²) in [7, 11) is 1.54. The van der Waals surface area contributed by atoms with E-state index >= 15 is 0 Å². The Bertz CT molecular complexity index is 862. The van der Waals surface area contributed by atoms with Crippen molar-refractivity contribution in [2.24, 2.45) is 0 Å². The lowest BCUT2D eigenvalue weighted by Gasteiger charge is -2.13. The highest BCUT2D eigenvalue weighted by molar-refractivity contribution is 5.89. The third-order valence-electron chi connectivity index (χ3n) is 3.71. The molecule has 0 saturated heterocycles. The van der Waals surface area contributed by atoms with Gasteiger partial charge in [-0.05, 0) is 55.3 Å². The predicted molar refractivity (Wildman–Crippen MR) is 107 cm³/mol. The van der Waals surface area contributed by atoms with E-state index in [4.69, 9.17) is 14.2 Å². The molecule has 0 aliphatic heterocycles. The molecular formula is C22H24FNO5. The second kappa shape index (κ2) is 10.8. The quantitative estimate of drug-likeness (QED) is 0.514. The minimum atomic E-state index is -0.650. The van der Waals surface area contributed by atoms with E-state index in [0.717, 1.165) is 11.1 Å². The van der Waals surface area contributed by atoms with Gasteiger partial charge in [-0.25, -0.2) is 9.18 Å². The van der Waals surface area contributed by atoms with Crippen LogP contribution < -0.4 is 14.8 Å². The van der Waals surface area contributed by atoms with Crippen LogP contribution in [0.25, 0.3) is 6.08 Å². The van der Waals surface area contributed by atoms with Gasteiger partial charge in [0.25, 0.3) is 5.91 Å². The number of amides is 1. The summed E-state index contributed by atoms with van der Waals surface area (Å²) in [5.41, 5.74) is 1.46. The zero-order valence-corrected chi connectivity index (χ0v) is 16.6. The average Bonchev–Trinajstić information content (AvgIpc) is 2.70. The molecule has 0 saturated carbocycles. The molecule has 1 amide bonds. The molecule has 2 aromatic carbocycles. The van der Waals surface area contributed by atoms with Crippen LogP contribution in [0.4, 0.5) is 4.39 Å². The highest BCUT2D eigenvalue weighted by atomic mass is 19.1. The topological polar surface area (TPSA) is 73.9 Å². The summed E-state index contributed by atoms with van der Waals surface area (Å²) in [6.45, 7) is 3.64. The minimum absolute atomic E-state index is 0.00877. The Morgan fingerprint density at radius 1 is 1.10 bits per heavy atom. The number of rotatable bonds is 9. The van der Waals surface area contributed by atoms with Crippen LogP contribution in [0.5, 0.6) is 11.5 Å². The standard InChI is InChI=1S/C22H24FNO5/c1-15(2)29-19-10-6-16(12-20(19)27-3)7-11-22(26)28-14-21(25)24-13-17-4-8-18(23)9-5-17/h4-12,15H,13-14H2,1-3H3,(H,24,25)/b11-7+. The monoisotopic (exact) mass is 401 g/mol. The summed E-state index contributed by atoms with van der Waals surface area (Å²) in [4.78, 5) is 23.6. The number of hydrogen-bond donors (Lipinski definition) is 1. The highest BCUT2D eigenvalue weighted by Gasteiger charge is 2.08. The second-order valence-electron chi connectivity index (χ2n) is 6.42. The molecule has 0 aromatic heterocycles. The number of halogens is 1. The molecule has 0 atom stereocenters. The fourth-order valence-electron chi connectivity index (χ4n) is 2.34. The van der Waals surface area contributed by atoms with Gasteiger partial charge in [0.2, 0.25) is 0 Å². The van der Waals surface area contributed by atoms with E-state index in [-0.39, 0.29) is 18.5 Å². The van der Waals surface area contributed by atoms with Crippen LogP contribution in [-0.2, 0) is 20.9 Å². The third kappa shape index (κ3) is 7.65. The molecule has 0 fully saturated rings. The first-order chi connectivity index (χ1) is 13.9. The van der Waals surface area contributed by atoms with Crippen molar-refractivity contribution in [3.63, 3.8) is 0 Å². The zero-order valence-electron chi connectivity index (χ0n) is 16.6. The van der Waals surface area contributed by atoms with E-state index in [9.17, 15) is 14.0 Å². The summed E-state index contributed by atoms with van der Waals surface area (Å²) < 4.78 is 28.7. The maximum Gasteiger partial charge on any atom is 0.331 e. The summed E-state index contributed by atoms with van der Waals surface area (Å²) in [5, 5.41) is 2.59. The van der Waals surface area contributed by atoms with Gasteiger partial charge >= 0.3 is 5.97 Å². The largest absolute Gasteiger partial charge is 0.493 e. The first-order valence-corrected chi connectivity index (χ1v) is 9.08. The van der Waals surface area contributed by atoms with Crippen LogP contribution in [0, 0.1) is 5.82 Å². The Kier molecular flexibility index (Phi) is 8.21. The number of carbonyl (C=O) groups is 2. The SMILES string of the molecule is COc1cc(/C=C/C(=O)OCC(=O)NCc2ccc(F)cc2)ccc1OC(C)C. The van der Waals surface area contributed by atoms with Crippen molar-refractivity contribution < 1.29 is 28.2 Å². The van der Waals surface area contributed by atoms with Crippen LogP contribution >= 0.6 is 0 Å². The molecular weight excluding hydrogens is 377 g/mol. The fraction of sp³-hybridized carbons (Fsp3) is 0.273. The molecule has 1 N–H and O–H groups in total. The lowest BCUT2D eigenvalue weighted by molar-refractivity contribution is -0.143. The van der Waals surface area contributed by atoms with Crippen molar-refractivity contribution in [2.75, 3.05) is 13.7 Å². The minimum Gasteiger partial charge on any atom is -0.493 e. The van der Waals surface area contributed by atoms with Crippen molar-refractivity contribution in [3.05, 3.63) is 65.5 Å². The number of ether oxygens (including phenoxy) is 3. The predicted octanol–water partition coefficient (Wildman–Crippen LogP) is 3.49. The summed E-state index contributed by atoms with van der Waals surface area (Å²) in [6, 6.07) is 11.0. The zero-order chi connectivity index (χ0) is 21.2. The molecule has 154 valence electrons. The van der Waals surface area contributed by atoms with Gasteiger partial charge < -0.3 is 19.5 Å². The van der Waals surface area contributed by atoms with Gasteiger partial charge in [0.1, 0.15) is 5.82 Å². The summed E-state index contributed by atoms with van der Waals surface area (Å²) >= 11 is 0. The second-order valence-corrected chi connectivity index (χ2v) is 6.42. The number of nitrogens with one attached hydrogen (secondary N) is 1. The molecule has 7 heteroatoms. The van der Waals surface area contributed by atoms with Crippen LogP contribution in [0.2, 0.25) is 0 Å². The molecule has 0 aliphatic rings. The fourth-order valence-corrected chi connectivity index (χ4v) is 2.34. The van der Waals surface area contributed by atoms with Gasteiger partial charge in [0.15, 0.2) is 18.1 Å². The Morgan fingerprint density at radius 3 is 2.48 bits per heavy atom. The Morgan fingerprint density at radius 2 is 1.83 bits per heavy atom. The summed E-state index contributed by atoms with van der Waals surface area (Å²) in [6.07, 6.45) is 2.79. The molecule has 0 radical (unpaired) electrons. The van der Waals surface area contributed by atoms with Gasteiger partial charge in [0.05, 0.1) is 13.2 Å². The molecule has 0 spiro atoms. The molecule has 2 aromatic rings. The van der Waals surface area contributed by atoms with E-state index in [0.29, 0.717) is 11.5 Å². The summed E-state index contributed by atoms with van der Waals surface area (Å²) in [5.74, 6) is -0.286. The molecule has 0 aliphatic carbocycles. The van der Waals surface area contributed by atoms with Gasteiger partial charge in [-0.2, -0.15) is 0 Å². The van der Waals surface area contributed by atoms with Crippen LogP contribution in [0.3, 0.4) is 0 Å². The van der Waals surface area contributed by atoms with Gasteiger partial charge in [-0.15, -0.1) is 0 Å². The Hall–Kier alpha value is -3.35. The Labute approximate surface area is 169 Å². The molecule has 29 heavy (non-hydrogen) atoms. The van der Waals surface area contributed by atoms with Crippen LogP contribution in [-0.4, -0.2) is 31.7 Å². The third-order valence-corrected chi connectivity index (χ3v) is 3.71. The molecule has 0 bridgehead atoms. The van der Waals surface area contributed by atoms with E-state index in [1.807, 2.05) is 13.8 Å². The number of esters is 1. The molecule has 0 heterocycles. The van der Waals surface area contributed by atoms with Crippen molar-refractivity contribution >= 4 is 18.0 Å². The van der Waals surface area contributed by atoms with E-state index in [2.05, 4.69) is 5.32 Å². The van der Waals surface area contributed by atoms with E-state index < -0.39 is 18.5 Å². The first-order valence-electron chi connectivity index (χ1n) is 9.08. The van der Waals surface area contributed by atoms with Gasteiger partial charge in [-0.1, -0.05) is 18.2 Å². The number of benzene rings is 2. The maximum atomic E-state index is 12.8. The lowest BCUT2D eigenvalue weighted by atomic mass is 10.2. The van der Waals surface area contributed by atoms with Crippen molar-refractivity contribution in [1.29, 1.82) is 0 Å². The van der Waals surface area contributed by atoms with Crippen molar-refractivity contribution in [3.8, 4) is 11.5 Å². The Balaban J connectivity index is 1.81. The van der Waals surface area contributed by atoms with Gasteiger partial charge in [0, 0.05) is 12.6 Å². The van der Waals surface area contributed by atoms with Crippen molar-refractivity contribution in [2.45, 2.75) is 26.5 Å². The highest BCUT2D eigenvalue weighted by Crippen LogP contribution is 2.29. The number of carbonyl (C=O) groups excluding carboxylic acids is 2. The lowest BCUT2D eigenvalue weighted by Crippen LogP contribution is -2.28. The maximum absolute atomic E-state index is 12.8. The number of methoxy groups -OCH3 is 1. The molecule has 2 rings (SSSR count). The first kappa shape index (κ1) is 21.9. The smallest absolute Gasteiger partial charge is 0.331 e. The average molecular weight is 401 g/mol. The van der Waals surface area contributed by atoms with E-state index in [1.165, 1.54) is 25.3 Å².